The van der Waals surface area contributed by atoms with E-state index in [9.17, 15) is 18.0 Å². The number of rotatable bonds is 9. The number of nitrogens with one attached hydrogen (secondary N) is 1. The van der Waals surface area contributed by atoms with Crippen LogP contribution in [0.4, 0.5) is 0 Å². The molecule has 1 aromatic carbocycles. The van der Waals surface area contributed by atoms with Crippen LogP contribution in [0, 0.1) is 0 Å². The molecule has 0 amide bonds. The number of hydrogen-bond donors (Lipinski definition) is 3. The quantitative estimate of drug-likeness (QED) is 0.568. The van der Waals surface area contributed by atoms with Crippen molar-refractivity contribution in [2.75, 3.05) is 12.0 Å². The predicted octanol–water partition coefficient (Wildman–Crippen LogP) is 1.27. The summed E-state index contributed by atoms with van der Waals surface area (Å²) >= 11 is 1.43. The van der Waals surface area contributed by atoms with Crippen LogP contribution < -0.4 is 4.72 Å². The zero-order valence-corrected chi connectivity index (χ0v) is 13.9. The fourth-order valence-electron chi connectivity index (χ4n) is 1.65. The lowest BCUT2D eigenvalue weighted by atomic mass is 10.2. The van der Waals surface area contributed by atoms with Gasteiger partial charge in [-0.15, -0.1) is 0 Å². The Labute approximate surface area is 138 Å². The van der Waals surface area contributed by atoms with Crippen molar-refractivity contribution in [2.24, 2.45) is 0 Å². The van der Waals surface area contributed by atoms with E-state index in [0.29, 0.717) is 11.3 Å². The minimum absolute atomic E-state index is 0.0830. The maximum Gasteiger partial charge on any atom is 0.328 e. The van der Waals surface area contributed by atoms with Crippen molar-refractivity contribution in [3.8, 4) is 0 Å². The van der Waals surface area contributed by atoms with Crippen molar-refractivity contribution in [3.05, 3.63) is 35.9 Å². The van der Waals surface area contributed by atoms with Gasteiger partial charge in [-0.1, -0.05) is 12.1 Å². The van der Waals surface area contributed by atoms with Crippen LogP contribution in [0.1, 0.15) is 12.0 Å². The molecule has 0 radical (unpaired) electrons. The number of aliphatic carboxylic acids is 2. The van der Waals surface area contributed by atoms with Crippen LogP contribution in [-0.2, 0) is 19.6 Å². The molecule has 0 saturated carbocycles. The molecule has 23 heavy (non-hydrogen) atoms. The number of thioether (sulfide) groups is 1. The molecule has 0 bridgehead atoms. The molecule has 0 fully saturated rings. The molecule has 0 saturated heterocycles. The van der Waals surface area contributed by atoms with Crippen molar-refractivity contribution < 1.29 is 28.2 Å². The van der Waals surface area contributed by atoms with Crippen molar-refractivity contribution >= 4 is 39.8 Å². The summed E-state index contributed by atoms with van der Waals surface area (Å²) in [5.74, 6) is -1.83. The molecule has 1 atom stereocenters. The third-order valence-corrected chi connectivity index (χ3v) is 4.95. The lowest BCUT2D eigenvalue weighted by Gasteiger charge is -2.14. The van der Waals surface area contributed by atoms with Gasteiger partial charge in [0.05, 0.1) is 4.90 Å². The molecule has 0 aliphatic heterocycles. The molecule has 0 unspecified atom stereocenters. The van der Waals surface area contributed by atoms with Gasteiger partial charge >= 0.3 is 11.9 Å². The van der Waals surface area contributed by atoms with E-state index in [1.165, 1.54) is 42.1 Å². The Morgan fingerprint density at radius 2 is 1.87 bits per heavy atom. The Balaban J connectivity index is 2.90. The van der Waals surface area contributed by atoms with Crippen LogP contribution in [0.3, 0.4) is 0 Å². The van der Waals surface area contributed by atoms with Crippen molar-refractivity contribution in [1.82, 2.24) is 4.72 Å². The molecule has 1 aromatic rings. The summed E-state index contributed by atoms with van der Waals surface area (Å²) in [4.78, 5) is 21.5. The molecular weight excluding hydrogens is 342 g/mol. The minimum atomic E-state index is -3.96. The van der Waals surface area contributed by atoms with Gasteiger partial charge in [-0.2, -0.15) is 16.5 Å². The highest BCUT2D eigenvalue weighted by Crippen LogP contribution is 2.13. The van der Waals surface area contributed by atoms with Gasteiger partial charge in [0.25, 0.3) is 0 Å². The molecular formula is C14H17NO6S2. The molecule has 0 aliphatic carbocycles. The SMILES string of the molecule is CSCC[C@@H](NS(=O)(=O)c1ccc(/C=C/C(=O)O)cc1)C(=O)O. The third kappa shape index (κ3) is 6.43. The van der Waals surface area contributed by atoms with Crippen LogP contribution in [-0.4, -0.2) is 48.6 Å². The first-order chi connectivity index (χ1) is 10.8. The molecule has 0 heterocycles. The maximum absolute atomic E-state index is 12.2. The van der Waals surface area contributed by atoms with E-state index in [4.69, 9.17) is 10.2 Å². The van der Waals surface area contributed by atoms with Crippen LogP contribution >= 0.6 is 11.8 Å². The topological polar surface area (TPSA) is 121 Å². The fourth-order valence-corrected chi connectivity index (χ4v) is 3.34. The molecule has 0 aromatic heterocycles. The fraction of sp³-hybridized carbons (Fsp3) is 0.286. The first-order valence-corrected chi connectivity index (χ1v) is 9.39. The highest BCUT2D eigenvalue weighted by molar-refractivity contribution is 7.98. The average molecular weight is 359 g/mol. The first-order valence-electron chi connectivity index (χ1n) is 6.51. The van der Waals surface area contributed by atoms with Crippen molar-refractivity contribution in [1.29, 1.82) is 0 Å². The van der Waals surface area contributed by atoms with E-state index in [0.717, 1.165) is 6.08 Å². The molecule has 0 spiro atoms. The van der Waals surface area contributed by atoms with Crippen LogP contribution in [0.2, 0.25) is 0 Å². The Hall–Kier alpha value is -1.84. The second kappa shape index (κ2) is 8.70. The lowest BCUT2D eigenvalue weighted by molar-refractivity contribution is -0.139. The summed E-state index contributed by atoms with van der Waals surface area (Å²) in [5, 5.41) is 17.6. The minimum Gasteiger partial charge on any atom is -0.480 e. The van der Waals surface area contributed by atoms with E-state index in [2.05, 4.69) is 4.72 Å². The number of carbonyl (C=O) groups is 2. The monoisotopic (exact) mass is 359 g/mol. The normalized spacial score (nSPS) is 13.1. The summed E-state index contributed by atoms with van der Waals surface area (Å²) in [5.41, 5.74) is 0.517. The molecule has 1 rings (SSSR count). The van der Waals surface area contributed by atoms with Crippen LogP contribution in [0.5, 0.6) is 0 Å². The van der Waals surface area contributed by atoms with Gasteiger partial charge in [-0.05, 0) is 42.2 Å². The van der Waals surface area contributed by atoms with E-state index < -0.39 is 28.0 Å². The van der Waals surface area contributed by atoms with Crippen LogP contribution in [0.25, 0.3) is 6.08 Å². The maximum atomic E-state index is 12.2. The Morgan fingerprint density at radius 1 is 1.26 bits per heavy atom. The summed E-state index contributed by atoms with van der Waals surface area (Å²) in [6.45, 7) is 0. The molecule has 126 valence electrons. The van der Waals surface area contributed by atoms with Gasteiger partial charge in [0.2, 0.25) is 10.0 Å². The van der Waals surface area contributed by atoms with Crippen molar-refractivity contribution in [3.63, 3.8) is 0 Å². The molecule has 3 N–H and O–H groups in total. The smallest absolute Gasteiger partial charge is 0.328 e. The van der Waals surface area contributed by atoms with E-state index in [1.807, 2.05) is 0 Å². The molecule has 0 aliphatic rings. The number of carboxylic acids is 2. The lowest BCUT2D eigenvalue weighted by Crippen LogP contribution is -2.41. The number of carboxylic acid groups (broad SMARTS) is 2. The van der Waals surface area contributed by atoms with E-state index >= 15 is 0 Å². The van der Waals surface area contributed by atoms with Crippen molar-refractivity contribution in [2.45, 2.75) is 17.4 Å². The summed E-state index contributed by atoms with van der Waals surface area (Å²) < 4.78 is 26.5. The Morgan fingerprint density at radius 3 is 2.35 bits per heavy atom. The third-order valence-electron chi connectivity index (χ3n) is 2.81. The standard InChI is InChI=1S/C14H17NO6S2/c1-22-9-8-12(14(18)19)15-23(20,21)11-5-2-10(3-6-11)4-7-13(16)17/h2-7,12,15H,8-9H2,1H3,(H,16,17)(H,18,19)/b7-4+/t12-/m1/s1. The van der Waals surface area contributed by atoms with E-state index in [1.54, 1.807) is 6.26 Å². The summed E-state index contributed by atoms with van der Waals surface area (Å²) in [6, 6.07) is 4.26. The van der Waals surface area contributed by atoms with Gasteiger partial charge in [0, 0.05) is 6.08 Å². The second-order valence-corrected chi connectivity index (χ2v) is 7.23. The second-order valence-electron chi connectivity index (χ2n) is 4.53. The zero-order chi connectivity index (χ0) is 17.5. The summed E-state index contributed by atoms with van der Waals surface area (Å²) in [7, 11) is -3.96. The van der Waals surface area contributed by atoms with Gasteiger partial charge in [-0.25, -0.2) is 13.2 Å². The van der Waals surface area contributed by atoms with E-state index in [-0.39, 0.29) is 11.3 Å². The van der Waals surface area contributed by atoms with Gasteiger partial charge in [0.15, 0.2) is 0 Å². The largest absolute Gasteiger partial charge is 0.480 e. The number of hydrogen-bond acceptors (Lipinski definition) is 5. The first kappa shape index (κ1) is 19.2. The van der Waals surface area contributed by atoms with Gasteiger partial charge < -0.3 is 10.2 Å². The molecule has 7 nitrogen and oxygen atoms in total. The number of sulfonamides is 1. The highest BCUT2D eigenvalue weighted by Gasteiger charge is 2.24. The predicted molar refractivity (Wildman–Crippen MR) is 87.9 cm³/mol. The van der Waals surface area contributed by atoms with Gasteiger partial charge in [-0.3, -0.25) is 4.79 Å². The highest BCUT2D eigenvalue weighted by atomic mass is 32.2. The Bertz CT molecular complexity index is 682. The average Bonchev–Trinajstić information content (AvgIpc) is 2.49. The van der Waals surface area contributed by atoms with Crippen LogP contribution in [0.15, 0.2) is 35.2 Å². The Kier molecular flexibility index (Phi) is 7.27. The number of benzene rings is 1. The van der Waals surface area contributed by atoms with Gasteiger partial charge in [0.1, 0.15) is 6.04 Å². The molecule has 9 heteroatoms. The zero-order valence-electron chi connectivity index (χ0n) is 12.3. The summed E-state index contributed by atoms with van der Waals surface area (Å²) in [6.07, 6.45) is 4.24.